The van der Waals surface area contributed by atoms with Crippen molar-refractivity contribution in [2.75, 3.05) is 13.2 Å². The van der Waals surface area contributed by atoms with Crippen LogP contribution in [0.15, 0.2) is 30.3 Å². The Morgan fingerprint density at radius 3 is 2.44 bits per heavy atom. The molecule has 0 aliphatic heterocycles. The second-order valence-corrected chi connectivity index (χ2v) is 5.55. The van der Waals surface area contributed by atoms with Gasteiger partial charge in [-0.3, -0.25) is 4.79 Å². The quantitative estimate of drug-likeness (QED) is 0.760. The van der Waals surface area contributed by atoms with Gasteiger partial charge in [0.25, 0.3) is 5.91 Å². The van der Waals surface area contributed by atoms with Gasteiger partial charge in [0.15, 0.2) is 6.61 Å². The molecule has 0 aliphatic rings. The van der Waals surface area contributed by atoms with Crippen LogP contribution < -0.4 is 10.1 Å². The lowest BCUT2D eigenvalue weighted by Gasteiger charge is -2.09. The predicted octanol–water partition coefficient (Wildman–Crippen LogP) is 2.24. The fourth-order valence-electron chi connectivity index (χ4n) is 2.12. The summed E-state index contributed by atoms with van der Waals surface area (Å²) < 4.78 is 43.1. The average molecular weight is 383 g/mol. The Morgan fingerprint density at radius 2 is 1.85 bits per heavy atom. The first kappa shape index (κ1) is 20.1. The number of carbonyl (C=O) groups is 2. The molecule has 0 saturated carbocycles. The second kappa shape index (κ2) is 8.47. The SMILES string of the molecule is Cc1cc(C(=O)NCCc2ccc(OCC(=O)O)cc2)nc(C(F)(F)F)n1. The fraction of sp³-hybridized carbons (Fsp3) is 0.294. The molecule has 10 heteroatoms. The zero-order chi connectivity index (χ0) is 20.0. The molecule has 1 heterocycles. The Labute approximate surface area is 152 Å². The van der Waals surface area contributed by atoms with E-state index in [0.717, 1.165) is 5.56 Å². The van der Waals surface area contributed by atoms with Crippen LogP contribution in [0.3, 0.4) is 0 Å². The lowest BCUT2D eigenvalue weighted by molar-refractivity contribution is -0.145. The highest BCUT2D eigenvalue weighted by Gasteiger charge is 2.35. The first-order chi connectivity index (χ1) is 12.6. The van der Waals surface area contributed by atoms with Gasteiger partial charge in [0.05, 0.1) is 0 Å². The van der Waals surface area contributed by atoms with Crippen molar-refractivity contribution in [3.05, 3.63) is 53.1 Å². The van der Waals surface area contributed by atoms with Crippen LogP contribution in [0, 0.1) is 6.92 Å². The summed E-state index contributed by atoms with van der Waals surface area (Å²) in [5.41, 5.74) is 0.513. The van der Waals surface area contributed by atoms with Crippen molar-refractivity contribution >= 4 is 11.9 Å². The summed E-state index contributed by atoms with van der Waals surface area (Å²) in [4.78, 5) is 29.0. The number of alkyl halides is 3. The summed E-state index contributed by atoms with van der Waals surface area (Å²) in [6, 6.07) is 7.74. The van der Waals surface area contributed by atoms with Gasteiger partial charge in [0.1, 0.15) is 11.4 Å². The molecule has 27 heavy (non-hydrogen) atoms. The van der Waals surface area contributed by atoms with Crippen LogP contribution in [-0.4, -0.2) is 40.1 Å². The van der Waals surface area contributed by atoms with Gasteiger partial charge in [-0.05, 0) is 37.1 Å². The lowest BCUT2D eigenvalue weighted by Crippen LogP contribution is -2.28. The minimum Gasteiger partial charge on any atom is -0.482 e. The average Bonchev–Trinajstić information content (AvgIpc) is 2.59. The maximum Gasteiger partial charge on any atom is 0.451 e. The summed E-state index contributed by atoms with van der Waals surface area (Å²) in [7, 11) is 0. The lowest BCUT2D eigenvalue weighted by atomic mass is 10.1. The second-order valence-electron chi connectivity index (χ2n) is 5.55. The zero-order valence-electron chi connectivity index (χ0n) is 14.2. The third-order valence-corrected chi connectivity index (χ3v) is 3.33. The number of aryl methyl sites for hydroxylation is 1. The molecule has 144 valence electrons. The van der Waals surface area contributed by atoms with Crippen LogP contribution in [0.4, 0.5) is 13.2 Å². The van der Waals surface area contributed by atoms with E-state index in [2.05, 4.69) is 15.3 Å². The monoisotopic (exact) mass is 383 g/mol. The maximum absolute atomic E-state index is 12.7. The van der Waals surface area contributed by atoms with Crippen molar-refractivity contribution in [3.63, 3.8) is 0 Å². The van der Waals surface area contributed by atoms with Crippen LogP contribution in [0.2, 0.25) is 0 Å². The van der Waals surface area contributed by atoms with E-state index in [-0.39, 0.29) is 17.9 Å². The van der Waals surface area contributed by atoms with Gasteiger partial charge in [-0.1, -0.05) is 12.1 Å². The molecule has 0 atom stereocenters. The topological polar surface area (TPSA) is 101 Å². The Morgan fingerprint density at radius 1 is 1.19 bits per heavy atom. The minimum atomic E-state index is -4.73. The Hall–Kier alpha value is -3.17. The van der Waals surface area contributed by atoms with Crippen molar-refractivity contribution in [2.45, 2.75) is 19.5 Å². The number of carboxylic acid groups (broad SMARTS) is 1. The van der Waals surface area contributed by atoms with Gasteiger partial charge in [-0.25, -0.2) is 14.8 Å². The highest BCUT2D eigenvalue weighted by molar-refractivity contribution is 5.92. The number of hydrogen-bond acceptors (Lipinski definition) is 5. The summed E-state index contributed by atoms with van der Waals surface area (Å²) in [5.74, 6) is -2.78. The number of ether oxygens (including phenoxy) is 1. The van der Waals surface area contributed by atoms with E-state index in [4.69, 9.17) is 9.84 Å². The number of carboxylic acids is 1. The van der Waals surface area contributed by atoms with Gasteiger partial charge in [0.2, 0.25) is 5.82 Å². The van der Waals surface area contributed by atoms with Crippen LogP contribution in [0.5, 0.6) is 5.75 Å². The highest BCUT2D eigenvalue weighted by atomic mass is 19.4. The van der Waals surface area contributed by atoms with E-state index in [1.54, 1.807) is 24.3 Å². The number of hydrogen-bond donors (Lipinski definition) is 2. The summed E-state index contributed by atoms with van der Waals surface area (Å²) in [5, 5.41) is 11.0. The van der Waals surface area contributed by atoms with E-state index in [1.165, 1.54) is 13.0 Å². The molecule has 0 spiro atoms. The number of carbonyl (C=O) groups excluding carboxylic acids is 1. The Kier molecular flexibility index (Phi) is 6.32. The van der Waals surface area contributed by atoms with Crippen molar-refractivity contribution in [2.24, 2.45) is 0 Å². The third kappa shape index (κ3) is 6.24. The molecule has 0 fully saturated rings. The van der Waals surface area contributed by atoms with Gasteiger partial charge in [-0.2, -0.15) is 13.2 Å². The van der Waals surface area contributed by atoms with E-state index in [0.29, 0.717) is 12.2 Å². The molecule has 0 radical (unpaired) electrons. The molecule has 1 amide bonds. The summed E-state index contributed by atoms with van der Waals surface area (Å²) >= 11 is 0. The number of amides is 1. The zero-order valence-corrected chi connectivity index (χ0v) is 14.2. The van der Waals surface area contributed by atoms with Crippen molar-refractivity contribution in [1.82, 2.24) is 15.3 Å². The molecule has 1 aromatic carbocycles. The maximum atomic E-state index is 12.7. The molecule has 2 aromatic rings. The standard InChI is InChI=1S/C17H16F3N3O4/c1-10-8-13(23-16(22-10)17(18,19)20)15(26)21-7-6-11-2-4-12(5-3-11)27-9-14(24)25/h2-5,8H,6-7,9H2,1H3,(H,21,26)(H,24,25). The van der Waals surface area contributed by atoms with Gasteiger partial charge in [-0.15, -0.1) is 0 Å². The number of nitrogens with one attached hydrogen (secondary N) is 1. The van der Waals surface area contributed by atoms with Crippen LogP contribution >= 0.6 is 0 Å². The van der Waals surface area contributed by atoms with Crippen molar-refractivity contribution in [3.8, 4) is 5.75 Å². The van der Waals surface area contributed by atoms with Gasteiger partial charge < -0.3 is 15.2 Å². The number of aromatic nitrogens is 2. The summed E-state index contributed by atoms with van der Waals surface area (Å²) in [6.45, 7) is 1.08. The molecule has 0 saturated heterocycles. The number of aliphatic carboxylic acids is 1. The molecule has 2 rings (SSSR count). The molecule has 0 unspecified atom stereocenters. The Bertz CT molecular complexity index is 823. The molecule has 1 aromatic heterocycles. The largest absolute Gasteiger partial charge is 0.482 e. The predicted molar refractivity (Wildman–Crippen MR) is 87.4 cm³/mol. The number of halogens is 3. The number of nitrogens with zero attached hydrogens (tertiary/aromatic N) is 2. The van der Waals surface area contributed by atoms with Gasteiger partial charge in [0, 0.05) is 12.2 Å². The molecular weight excluding hydrogens is 367 g/mol. The van der Waals surface area contributed by atoms with E-state index in [1.807, 2.05) is 0 Å². The van der Waals surface area contributed by atoms with E-state index < -0.39 is 30.5 Å². The smallest absolute Gasteiger partial charge is 0.451 e. The molecule has 2 N–H and O–H groups in total. The summed E-state index contributed by atoms with van der Waals surface area (Å²) in [6.07, 6.45) is -4.31. The molecule has 0 aliphatic carbocycles. The van der Waals surface area contributed by atoms with E-state index in [9.17, 15) is 22.8 Å². The third-order valence-electron chi connectivity index (χ3n) is 3.33. The van der Waals surface area contributed by atoms with Crippen molar-refractivity contribution < 1.29 is 32.6 Å². The molecular formula is C17H16F3N3O4. The minimum absolute atomic E-state index is 0.0411. The van der Waals surface area contributed by atoms with Crippen LogP contribution in [-0.2, 0) is 17.4 Å². The number of benzene rings is 1. The van der Waals surface area contributed by atoms with Crippen molar-refractivity contribution in [1.29, 1.82) is 0 Å². The van der Waals surface area contributed by atoms with Crippen LogP contribution in [0.1, 0.15) is 27.6 Å². The highest BCUT2D eigenvalue weighted by Crippen LogP contribution is 2.26. The Balaban J connectivity index is 1.91. The van der Waals surface area contributed by atoms with Crippen LogP contribution in [0.25, 0.3) is 0 Å². The normalized spacial score (nSPS) is 11.1. The molecule has 7 nitrogen and oxygen atoms in total. The van der Waals surface area contributed by atoms with E-state index >= 15 is 0 Å². The fourth-order valence-corrected chi connectivity index (χ4v) is 2.12. The number of rotatable bonds is 7. The van der Waals surface area contributed by atoms with Gasteiger partial charge >= 0.3 is 12.1 Å². The molecule has 0 bridgehead atoms. The first-order valence-corrected chi connectivity index (χ1v) is 7.80. The first-order valence-electron chi connectivity index (χ1n) is 7.80.